The minimum atomic E-state index is 0.875. The van der Waals surface area contributed by atoms with Crippen LogP contribution < -0.4 is 0 Å². The number of hydrogen-bond donors (Lipinski definition) is 1. The fourth-order valence-electron chi connectivity index (χ4n) is 2.37. The zero-order chi connectivity index (χ0) is 14.8. The van der Waals surface area contributed by atoms with Gasteiger partial charge in [-0.15, -0.1) is 11.3 Å². The van der Waals surface area contributed by atoms with Crippen LogP contribution in [0.1, 0.15) is 11.1 Å². The first-order chi connectivity index (χ1) is 10.9. The fraction of sp³-hybridized carbons (Fsp3) is 0. The topological polar surface area (TPSA) is 28.7 Å². The third-order valence-electron chi connectivity index (χ3n) is 3.49. The van der Waals surface area contributed by atoms with Gasteiger partial charge >= 0.3 is 0 Å². The van der Waals surface area contributed by atoms with Gasteiger partial charge in [0, 0.05) is 33.8 Å². The molecule has 3 heterocycles. The van der Waals surface area contributed by atoms with Crippen molar-refractivity contribution < 1.29 is 0 Å². The van der Waals surface area contributed by atoms with Gasteiger partial charge in [0.1, 0.15) is 5.65 Å². The Labute approximate surface area is 132 Å². The lowest BCUT2D eigenvalue weighted by Gasteiger charge is -1.97. The van der Waals surface area contributed by atoms with Crippen molar-refractivity contribution in [3.05, 3.63) is 77.4 Å². The summed E-state index contributed by atoms with van der Waals surface area (Å²) < 4.78 is 0. The summed E-state index contributed by atoms with van der Waals surface area (Å²) in [5, 5.41) is 3.15. The molecule has 0 aliphatic rings. The van der Waals surface area contributed by atoms with Crippen LogP contribution >= 0.6 is 11.3 Å². The van der Waals surface area contributed by atoms with Gasteiger partial charge in [0.25, 0.3) is 0 Å². The summed E-state index contributed by atoms with van der Waals surface area (Å²) in [4.78, 5) is 8.66. The molecule has 0 saturated carbocycles. The lowest BCUT2D eigenvalue weighted by Crippen LogP contribution is -1.81. The smallest absolute Gasteiger partial charge is 0.138 e. The van der Waals surface area contributed by atoms with Gasteiger partial charge in [-0.25, -0.2) is 4.98 Å². The highest BCUT2D eigenvalue weighted by Crippen LogP contribution is 2.24. The molecule has 0 atom stereocenters. The van der Waals surface area contributed by atoms with E-state index in [9.17, 15) is 0 Å². The van der Waals surface area contributed by atoms with Gasteiger partial charge in [-0.2, -0.15) is 0 Å². The van der Waals surface area contributed by atoms with Gasteiger partial charge < -0.3 is 4.98 Å². The molecule has 4 rings (SSSR count). The number of hydrogen-bond acceptors (Lipinski definition) is 2. The second-order valence-corrected chi connectivity index (χ2v) is 5.85. The number of H-pyrrole nitrogens is 1. The highest BCUT2D eigenvalue weighted by atomic mass is 32.1. The molecule has 0 aliphatic carbocycles. The van der Waals surface area contributed by atoms with E-state index in [-0.39, 0.29) is 0 Å². The monoisotopic (exact) mass is 300 g/mol. The van der Waals surface area contributed by atoms with Crippen LogP contribution in [0.15, 0.2) is 66.3 Å². The number of benzene rings is 1. The molecule has 0 saturated heterocycles. The van der Waals surface area contributed by atoms with Gasteiger partial charge in [0.15, 0.2) is 0 Å². The molecule has 1 aromatic carbocycles. The first-order valence-corrected chi connectivity index (χ1v) is 7.86. The quantitative estimate of drug-likeness (QED) is 0.508. The molecule has 0 spiro atoms. The molecule has 3 aromatic heterocycles. The van der Waals surface area contributed by atoms with Gasteiger partial charge in [0.05, 0.1) is 0 Å². The number of thiophene rings is 1. The Hall–Kier alpha value is -2.83. The number of rotatable bonds is 1. The van der Waals surface area contributed by atoms with Crippen LogP contribution in [0.2, 0.25) is 0 Å². The van der Waals surface area contributed by atoms with E-state index in [2.05, 4.69) is 63.6 Å². The summed E-state index contributed by atoms with van der Waals surface area (Å²) in [5.41, 5.74) is 4.12. The van der Waals surface area contributed by atoms with E-state index in [1.807, 2.05) is 18.3 Å². The predicted octanol–water partition coefficient (Wildman–Crippen LogP) is 4.69. The normalized spacial score (nSPS) is 10.4. The van der Waals surface area contributed by atoms with Crippen LogP contribution in [-0.2, 0) is 0 Å². The Morgan fingerprint density at radius 1 is 0.955 bits per heavy atom. The molecule has 0 unspecified atom stereocenters. The van der Waals surface area contributed by atoms with Crippen LogP contribution in [0.5, 0.6) is 0 Å². The van der Waals surface area contributed by atoms with Crippen LogP contribution in [0.25, 0.3) is 21.5 Å². The van der Waals surface area contributed by atoms with E-state index in [4.69, 9.17) is 0 Å². The number of nitrogens with one attached hydrogen (secondary N) is 1. The van der Waals surface area contributed by atoms with Crippen LogP contribution in [0, 0.1) is 11.8 Å². The Kier molecular flexibility index (Phi) is 3.23. The fourth-order valence-corrected chi connectivity index (χ4v) is 3.10. The Bertz CT molecular complexity index is 968. The van der Waals surface area contributed by atoms with E-state index >= 15 is 0 Å². The van der Waals surface area contributed by atoms with E-state index in [0.717, 1.165) is 22.2 Å². The molecule has 2 nitrogen and oxygen atoms in total. The zero-order valence-corrected chi connectivity index (χ0v) is 12.5. The summed E-state index contributed by atoms with van der Waals surface area (Å²) in [6.07, 6.45) is 3.67. The molecule has 3 heteroatoms. The van der Waals surface area contributed by atoms with Gasteiger partial charge in [0.2, 0.25) is 0 Å². The third-order valence-corrected chi connectivity index (χ3v) is 4.41. The van der Waals surface area contributed by atoms with Crippen molar-refractivity contribution in [1.82, 2.24) is 9.97 Å². The molecule has 0 radical (unpaired) electrons. The molecule has 22 heavy (non-hydrogen) atoms. The summed E-state index contributed by atoms with van der Waals surface area (Å²) in [7, 11) is 0. The molecule has 104 valence electrons. The highest BCUT2D eigenvalue weighted by Gasteiger charge is 2.00. The SMILES string of the molecule is C(#Cc1ccnc2[nH]ccc12)c1ccc(-c2cccs2)cc1. The number of aromatic nitrogens is 2. The first-order valence-electron chi connectivity index (χ1n) is 6.98. The van der Waals surface area contributed by atoms with Crippen molar-refractivity contribution in [3.63, 3.8) is 0 Å². The summed E-state index contributed by atoms with van der Waals surface area (Å²) in [6, 6.07) is 16.5. The molecule has 0 amide bonds. The number of aromatic amines is 1. The molecular formula is C19H12N2S. The Balaban J connectivity index is 1.66. The Morgan fingerprint density at radius 3 is 2.68 bits per heavy atom. The maximum absolute atomic E-state index is 4.27. The van der Waals surface area contributed by atoms with Crippen molar-refractivity contribution in [2.45, 2.75) is 0 Å². The molecule has 0 fully saturated rings. The molecule has 1 N–H and O–H groups in total. The van der Waals surface area contributed by atoms with Gasteiger partial charge in [-0.05, 0) is 41.3 Å². The number of fused-ring (bicyclic) bond motifs is 1. The van der Waals surface area contributed by atoms with Crippen molar-refractivity contribution >= 4 is 22.4 Å². The molecule has 0 aliphatic heterocycles. The van der Waals surface area contributed by atoms with Crippen molar-refractivity contribution in [3.8, 4) is 22.3 Å². The summed E-state index contributed by atoms with van der Waals surface area (Å²) in [6.45, 7) is 0. The minimum absolute atomic E-state index is 0.875. The van der Waals surface area contributed by atoms with E-state index in [1.54, 1.807) is 17.5 Å². The van der Waals surface area contributed by atoms with Crippen molar-refractivity contribution in [1.29, 1.82) is 0 Å². The van der Waals surface area contributed by atoms with Crippen LogP contribution in [0.4, 0.5) is 0 Å². The summed E-state index contributed by atoms with van der Waals surface area (Å²) in [5.74, 6) is 6.46. The Morgan fingerprint density at radius 2 is 1.86 bits per heavy atom. The van der Waals surface area contributed by atoms with E-state index < -0.39 is 0 Å². The minimum Gasteiger partial charge on any atom is -0.346 e. The summed E-state index contributed by atoms with van der Waals surface area (Å²) >= 11 is 1.75. The number of pyridine rings is 1. The predicted molar refractivity (Wildman–Crippen MR) is 91.8 cm³/mol. The molecular weight excluding hydrogens is 288 g/mol. The maximum Gasteiger partial charge on any atom is 0.138 e. The molecule has 0 bridgehead atoms. The molecule has 4 aromatic rings. The second kappa shape index (κ2) is 5.51. The lowest BCUT2D eigenvalue weighted by molar-refractivity contribution is 1.32. The lowest BCUT2D eigenvalue weighted by atomic mass is 10.1. The van der Waals surface area contributed by atoms with Gasteiger partial charge in [-0.3, -0.25) is 0 Å². The van der Waals surface area contributed by atoms with Crippen molar-refractivity contribution in [2.75, 3.05) is 0 Å². The zero-order valence-electron chi connectivity index (χ0n) is 11.7. The van der Waals surface area contributed by atoms with Crippen molar-refractivity contribution in [2.24, 2.45) is 0 Å². The van der Waals surface area contributed by atoms with Crippen LogP contribution in [-0.4, -0.2) is 9.97 Å². The van der Waals surface area contributed by atoms with Gasteiger partial charge in [-0.1, -0.05) is 30.0 Å². The largest absolute Gasteiger partial charge is 0.346 e. The third kappa shape index (κ3) is 2.41. The highest BCUT2D eigenvalue weighted by molar-refractivity contribution is 7.13. The second-order valence-electron chi connectivity index (χ2n) is 4.90. The van der Waals surface area contributed by atoms with E-state index in [0.29, 0.717) is 0 Å². The first kappa shape index (κ1) is 12.9. The number of nitrogens with zero attached hydrogens (tertiary/aromatic N) is 1. The average molecular weight is 300 g/mol. The standard InChI is InChI=1S/C19H12N2S/c1-2-18(22-13-1)16-7-4-14(5-8-16)3-6-15-9-11-20-19-17(15)10-12-21-19/h1-2,4-5,7-13H,(H,20,21). The maximum atomic E-state index is 4.27. The van der Waals surface area contributed by atoms with E-state index in [1.165, 1.54) is 10.4 Å². The van der Waals surface area contributed by atoms with Crippen LogP contribution in [0.3, 0.4) is 0 Å². The average Bonchev–Trinajstić information content (AvgIpc) is 3.24.